The number of halogens is 2. The van der Waals surface area contributed by atoms with Crippen LogP contribution in [0.15, 0.2) is 18.2 Å². The van der Waals surface area contributed by atoms with Gasteiger partial charge in [0.15, 0.2) is 0 Å². The van der Waals surface area contributed by atoms with Crippen LogP contribution >= 0.6 is 11.6 Å². The molecule has 0 spiro atoms. The van der Waals surface area contributed by atoms with Crippen molar-refractivity contribution in [2.75, 3.05) is 12.8 Å². The summed E-state index contributed by atoms with van der Waals surface area (Å²) in [5, 5.41) is 2.42. The Hall–Kier alpha value is -1.91. The Bertz CT molecular complexity index is 887. The normalized spacial score (nSPS) is 19.9. The number of rotatable bonds is 5. The Labute approximate surface area is 174 Å². The van der Waals surface area contributed by atoms with Gasteiger partial charge < -0.3 is 10.1 Å². The molecular formula is C18H24ClFN2O6S. The van der Waals surface area contributed by atoms with Gasteiger partial charge >= 0.3 is 6.09 Å². The smallest absolute Gasteiger partial charge is 0.411 e. The van der Waals surface area contributed by atoms with E-state index >= 15 is 0 Å². The molecule has 0 aromatic heterocycles. The molecule has 1 aromatic carbocycles. The predicted octanol–water partition coefficient (Wildman–Crippen LogP) is 2.45. The van der Waals surface area contributed by atoms with E-state index in [0.29, 0.717) is 0 Å². The second-order valence-corrected chi connectivity index (χ2v) is 9.68. The van der Waals surface area contributed by atoms with E-state index in [0.717, 1.165) is 11.2 Å². The summed E-state index contributed by atoms with van der Waals surface area (Å²) in [4.78, 5) is 26.4. The zero-order valence-corrected chi connectivity index (χ0v) is 18.1. The highest BCUT2D eigenvalue weighted by molar-refractivity contribution is 7.86. The molecule has 1 saturated heterocycles. The molecule has 1 aromatic rings. The number of nitrogens with zero attached hydrogens (tertiary/aromatic N) is 1. The van der Waals surface area contributed by atoms with Crippen molar-refractivity contribution in [2.24, 2.45) is 0 Å². The third-order valence-corrected chi connectivity index (χ3v) is 4.91. The van der Waals surface area contributed by atoms with Crippen molar-refractivity contribution in [3.05, 3.63) is 34.6 Å². The van der Waals surface area contributed by atoms with Gasteiger partial charge in [0.25, 0.3) is 10.1 Å². The number of hydrogen-bond donors (Lipinski definition) is 1. The highest BCUT2D eigenvalue weighted by atomic mass is 35.5. The van der Waals surface area contributed by atoms with Crippen LogP contribution in [0.2, 0.25) is 5.02 Å². The molecule has 1 N–H and O–H groups in total. The fraction of sp³-hybridized carbons (Fsp3) is 0.556. The fourth-order valence-electron chi connectivity index (χ4n) is 2.90. The van der Waals surface area contributed by atoms with Crippen LogP contribution in [0.3, 0.4) is 0 Å². The molecule has 29 heavy (non-hydrogen) atoms. The Morgan fingerprint density at radius 2 is 2.00 bits per heavy atom. The minimum absolute atomic E-state index is 0.0682. The van der Waals surface area contributed by atoms with Crippen LogP contribution in [-0.4, -0.2) is 55.9 Å². The first kappa shape index (κ1) is 23.4. The van der Waals surface area contributed by atoms with Gasteiger partial charge in [0, 0.05) is 18.7 Å². The van der Waals surface area contributed by atoms with Gasteiger partial charge in [-0.3, -0.25) is 13.9 Å². The summed E-state index contributed by atoms with van der Waals surface area (Å²) in [5.41, 5.74) is -0.661. The Kier molecular flexibility index (Phi) is 7.13. The van der Waals surface area contributed by atoms with Gasteiger partial charge in [-0.15, -0.1) is 0 Å². The molecule has 0 saturated carbocycles. The molecule has 1 aliphatic heterocycles. The quantitative estimate of drug-likeness (QED) is 0.691. The van der Waals surface area contributed by atoms with Crippen LogP contribution in [0.4, 0.5) is 9.18 Å². The second kappa shape index (κ2) is 8.85. The Morgan fingerprint density at radius 1 is 1.34 bits per heavy atom. The van der Waals surface area contributed by atoms with Crippen LogP contribution in [-0.2, 0) is 30.4 Å². The maximum atomic E-state index is 14.0. The lowest BCUT2D eigenvalue weighted by atomic mass is 10.1. The molecule has 2 rings (SSSR count). The number of hydrogen-bond acceptors (Lipinski definition) is 6. The maximum absolute atomic E-state index is 14.0. The van der Waals surface area contributed by atoms with E-state index in [1.54, 1.807) is 20.8 Å². The molecule has 11 heteroatoms. The molecule has 0 radical (unpaired) electrons. The SMILES string of the molecule is CC(C)(C)OC(=O)N1CC[C@H](OS(C)(=O)=O)[C@H]1C(=O)NCc1cccc(Cl)c1F. The molecule has 162 valence electrons. The number of nitrogens with one attached hydrogen (secondary N) is 1. The van der Waals surface area contributed by atoms with Crippen molar-refractivity contribution in [1.82, 2.24) is 10.2 Å². The summed E-state index contributed by atoms with van der Waals surface area (Å²) in [6.07, 6.45) is -0.872. The van der Waals surface area contributed by atoms with E-state index in [-0.39, 0.29) is 30.1 Å². The molecule has 0 aliphatic carbocycles. The van der Waals surface area contributed by atoms with Gasteiger partial charge in [0.05, 0.1) is 11.3 Å². The van der Waals surface area contributed by atoms with Gasteiger partial charge in [-0.1, -0.05) is 23.7 Å². The molecule has 1 aliphatic rings. The summed E-state index contributed by atoms with van der Waals surface area (Å²) in [5.74, 6) is -1.37. The lowest BCUT2D eigenvalue weighted by Gasteiger charge is -2.29. The van der Waals surface area contributed by atoms with Gasteiger partial charge in [-0.25, -0.2) is 9.18 Å². The lowest BCUT2D eigenvalue weighted by molar-refractivity contribution is -0.127. The van der Waals surface area contributed by atoms with Crippen molar-refractivity contribution in [2.45, 2.75) is 51.5 Å². The topological polar surface area (TPSA) is 102 Å². The van der Waals surface area contributed by atoms with Crippen molar-refractivity contribution < 1.29 is 31.3 Å². The average Bonchev–Trinajstić information content (AvgIpc) is 2.96. The van der Waals surface area contributed by atoms with Crippen LogP contribution < -0.4 is 5.32 Å². The number of ether oxygens (including phenoxy) is 1. The molecular weight excluding hydrogens is 427 g/mol. The molecule has 8 nitrogen and oxygen atoms in total. The second-order valence-electron chi connectivity index (χ2n) is 7.68. The zero-order chi connectivity index (χ0) is 22.0. The van der Waals surface area contributed by atoms with Crippen molar-refractivity contribution in [3.63, 3.8) is 0 Å². The number of amides is 2. The van der Waals surface area contributed by atoms with Gasteiger partial charge in [-0.05, 0) is 33.3 Å². The lowest BCUT2D eigenvalue weighted by Crippen LogP contribution is -2.52. The summed E-state index contributed by atoms with van der Waals surface area (Å²) in [6.45, 7) is 4.88. The number of carbonyl (C=O) groups excluding carboxylic acids is 2. The first-order chi connectivity index (χ1) is 13.3. The maximum Gasteiger partial charge on any atom is 0.411 e. The highest BCUT2D eigenvalue weighted by Gasteiger charge is 2.45. The number of carbonyl (C=O) groups is 2. The largest absolute Gasteiger partial charge is 0.444 e. The minimum atomic E-state index is -3.87. The Balaban J connectivity index is 2.21. The first-order valence-electron chi connectivity index (χ1n) is 8.87. The third-order valence-electron chi connectivity index (χ3n) is 4.02. The molecule has 2 amide bonds. The van der Waals surface area contributed by atoms with E-state index < -0.39 is 45.7 Å². The molecule has 2 atom stereocenters. The van der Waals surface area contributed by atoms with Crippen LogP contribution in [0.5, 0.6) is 0 Å². The molecule has 1 heterocycles. The van der Waals surface area contributed by atoms with E-state index in [2.05, 4.69) is 5.32 Å². The summed E-state index contributed by atoms with van der Waals surface area (Å²) in [6, 6.07) is 3.11. The van der Waals surface area contributed by atoms with Crippen molar-refractivity contribution in [1.29, 1.82) is 0 Å². The molecule has 0 bridgehead atoms. The van der Waals surface area contributed by atoms with E-state index in [4.69, 9.17) is 20.5 Å². The van der Waals surface area contributed by atoms with E-state index in [9.17, 15) is 22.4 Å². The van der Waals surface area contributed by atoms with Crippen LogP contribution in [0.25, 0.3) is 0 Å². The van der Waals surface area contributed by atoms with Crippen molar-refractivity contribution in [3.8, 4) is 0 Å². The summed E-state index contributed by atoms with van der Waals surface area (Å²) >= 11 is 5.73. The van der Waals surface area contributed by atoms with Crippen LogP contribution in [0, 0.1) is 5.82 Å². The molecule has 0 unspecified atom stereocenters. The first-order valence-corrected chi connectivity index (χ1v) is 11.1. The summed E-state index contributed by atoms with van der Waals surface area (Å²) < 4.78 is 47.5. The van der Waals surface area contributed by atoms with Crippen LogP contribution in [0.1, 0.15) is 32.8 Å². The predicted molar refractivity (Wildman–Crippen MR) is 104 cm³/mol. The average molecular weight is 451 g/mol. The van der Waals surface area contributed by atoms with Crippen molar-refractivity contribution >= 4 is 33.7 Å². The Morgan fingerprint density at radius 3 is 2.59 bits per heavy atom. The minimum Gasteiger partial charge on any atom is -0.444 e. The monoisotopic (exact) mass is 450 g/mol. The fourth-order valence-corrected chi connectivity index (χ4v) is 3.74. The molecule has 1 fully saturated rings. The van der Waals surface area contributed by atoms with Gasteiger partial charge in [0.1, 0.15) is 23.6 Å². The number of benzene rings is 1. The highest BCUT2D eigenvalue weighted by Crippen LogP contribution is 2.25. The standard InChI is InChI=1S/C18H24ClFN2O6S/c1-18(2,3)27-17(24)22-9-8-13(28-29(4,25)26)15(22)16(23)21-10-11-6-5-7-12(19)14(11)20/h5-7,13,15H,8-10H2,1-4H3,(H,21,23)/t13-,15-/m0/s1. The number of likely N-dealkylation sites (tertiary alicyclic amines) is 1. The third kappa shape index (κ3) is 6.55. The summed E-state index contributed by atoms with van der Waals surface area (Å²) in [7, 11) is -3.87. The van der Waals surface area contributed by atoms with E-state index in [1.807, 2.05) is 0 Å². The van der Waals surface area contributed by atoms with Gasteiger partial charge in [-0.2, -0.15) is 8.42 Å². The van der Waals surface area contributed by atoms with E-state index in [1.165, 1.54) is 18.2 Å². The van der Waals surface area contributed by atoms with Gasteiger partial charge in [0.2, 0.25) is 5.91 Å². The zero-order valence-electron chi connectivity index (χ0n) is 16.6.